The van der Waals surface area contributed by atoms with Crippen molar-refractivity contribution >= 4 is 46.0 Å². The largest absolute Gasteiger partial charge is 0.359 e. The first-order valence-corrected chi connectivity index (χ1v) is 14.2. The molecule has 5 rings (SSSR count). The summed E-state index contributed by atoms with van der Waals surface area (Å²) in [5.74, 6) is -0.728. The van der Waals surface area contributed by atoms with Crippen LogP contribution in [0.15, 0.2) is 46.6 Å². The molecule has 3 atom stereocenters. The SMILES string of the molecule is C=CC(=O)N1C[C@H](C)N(c2nc(=O)n3c4c(c(-c5ccc(F)cc5F)c(Cl)cc24)SC[C@@H]3COCOC)C[C@H]1C. The number of carbonyl (C=O) groups excluding carboxylic acids is 1. The van der Waals surface area contributed by atoms with Crippen molar-refractivity contribution in [2.45, 2.75) is 36.9 Å². The minimum atomic E-state index is -0.753. The molecule has 1 fully saturated rings. The Morgan fingerprint density at radius 2 is 2.02 bits per heavy atom. The maximum Gasteiger partial charge on any atom is 0.350 e. The van der Waals surface area contributed by atoms with Crippen LogP contribution in [0.2, 0.25) is 5.02 Å². The van der Waals surface area contributed by atoms with E-state index in [1.54, 1.807) is 15.5 Å². The zero-order chi connectivity index (χ0) is 28.7. The van der Waals surface area contributed by atoms with Crippen LogP contribution >= 0.6 is 23.4 Å². The Morgan fingerprint density at radius 1 is 1.25 bits per heavy atom. The maximum atomic E-state index is 15.0. The van der Waals surface area contributed by atoms with Gasteiger partial charge in [-0.1, -0.05) is 18.2 Å². The van der Waals surface area contributed by atoms with E-state index in [2.05, 4.69) is 11.6 Å². The number of rotatable bonds is 7. The number of thioether (sulfide) groups is 1. The van der Waals surface area contributed by atoms with E-state index < -0.39 is 17.3 Å². The van der Waals surface area contributed by atoms with Crippen LogP contribution in [-0.4, -0.2) is 71.8 Å². The Morgan fingerprint density at radius 3 is 2.73 bits per heavy atom. The number of carbonyl (C=O) groups is 1. The van der Waals surface area contributed by atoms with E-state index in [0.29, 0.717) is 46.0 Å². The Labute approximate surface area is 239 Å². The van der Waals surface area contributed by atoms with Crippen LogP contribution in [0, 0.1) is 11.6 Å². The van der Waals surface area contributed by atoms with Crippen molar-refractivity contribution in [2.75, 3.05) is 44.3 Å². The summed E-state index contributed by atoms with van der Waals surface area (Å²) < 4.78 is 41.0. The molecule has 3 aromatic rings. The van der Waals surface area contributed by atoms with Crippen LogP contribution < -0.4 is 10.6 Å². The third-order valence-corrected chi connectivity index (χ3v) is 8.85. The van der Waals surface area contributed by atoms with Crippen LogP contribution in [0.1, 0.15) is 19.9 Å². The van der Waals surface area contributed by atoms with E-state index in [0.717, 1.165) is 6.07 Å². The molecular weight excluding hydrogens is 562 g/mol. The first-order valence-electron chi connectivity index (χ1n) is 12.8. The highest BCUT2D eigenvalue weighted by atomic mass is 35.5. The first-order chi connectivity index (χ1) is 19.2. The molecule has 8 nitrogen and oxygen atoms in total. The molecule has 0 bridgehead atoms. The number of piperazine rings is 1. The van der Waals surface area contributed by atoms with Gasteiger partial charge in [0, 0.05) is 65.5 Å². The molecule has 2 aromatic carbocycles. The highest BCUT2D eigenvalue weighted by Crippen LogP contribution is 2.48. The standard InChI is InChI=1S/C28H29ClF2N4O4S/c1-5-23(36)33-10-16(3)34(11-15(33)2)27-20-9-21(29)24(19-7-6-17(30)8-22(19)31)26-25(20)35(28(37)32-27)18(13-40-26)12-39-14-38-4/h5-9,15-16,18H,1,10-14H2,2-4H3/t15-,16+,18+/m1/s1. The summed E-state index contributed by atoms with van der Waals surface area (Å²) in [7, 11) is 1.52. The van der Waals surface area contributed by atoms with Gasteiger partial charge in [-0.2, -0.15) is 4.98 Å². The van der Waals surface area contributed by atoms with Crippen molar-refractivity contribution in [1.29, 1.82) is 0 Å². The average Bonchev–Trinajstić information content (AvgIpc) is 2.92. The lowest BCUT2D eigenvalue weighted by Crippen LogP contribution is -2.58. The highest BCUT2D eigenvalue weighted by Gasteiger charge is 2.36. The lowest BCUT2D eigenvalue weighted by atomic mass is 10.0. The van der Waals surface area contributed by atoms with Crippen molar-refractivity contribution in [3.8, 4) is 11.1 Å². The van der Waals surface area contributed by atoms with Crippen LogP contribution in [0.25, 0.3) is 22.0 Å². The van der Waals surface area contributed by atoms with Gasteiger partial charge in [0.15, 0.2) is 0 Å². The second-order valence-corrected chi connectivity index (χ2v) is 11.4. The molecule has 2 aliphatic heterocycles. The number of methoxy groups -OCH3 is 1. The smallest absolute Gasteiger partial charge is 0.350 e. The van der Waals surface area contributed by atoms with Crippen LogP contribution in [0.4, 0.5) is 14.6 Å². The molecule has 40 heavy (non-hydrogen) atoms. The second kappa shape index (κ2) is 11.5. The number of hydrogen-bond acceptors (Lipinski definition) is 7. The van der Waals surface area contributed by atoms with Gasteiger partial charge < -0.3 is 19.3 Å². The zero-order valence-corrected chi connectivity index (χ0v) is 23.9. The normalized spacial score (nSPS) is 20.7. The number of benzene rings is 2. The number of amides is 1. The quantitative estimate of drug-likeness (QED) is 0.221. The molecule has 1 aromatic heterocycles. The fraction of sp³-hybridized carbons (Fsp3) is 0.393. The summed E-state index contributed by atoms with van der Waals surface area (Å²) in [5, 5.41) is 0.876. The molecule has 1 amide bonds. The fourth-order valence-corrected chi connectivity index (χ4v) is 7.13. The van der Waals surface area contributed by atoms with Crippen LogP contribution in [0.3, 0.4) is 0 Å². The molecule has 0 spiro atoms. The molecule has 3 heterocycles. The van der Waals surface area contributed by atoms with Crippen molar-refractivity contribution in [2.24, 2.45) is 0 Å². The lowest BCUT2D eigenvalue weighted by Gasteiger charge is -2.45. The fourth-order valence-electron chi connectivity index (χ4n) is 5.46. The molecule has 0 radical (unpaired) electrons. The maximum absolute atomic E-state index is 15.0. The molecule has 212 valence electrons. The summed E-state index contributed by atoms with van der Waals surface area (Å²) in [6.45, 7) is 8.61. The molecule has 2 aliphatic rings. The molecule has 1 saturated heterocycles. The van der Waals surface area contributed by atoms with Crippen molar-refractivity contribution in [3.05, 3.63) is 64.1 Å². The predicted molar refractivity (Wildman–Crippen MR) is 152 cm³/mol. The molecule has 0 aliphatic carbocycles. The number of aromatic nitrogens is 2. The Hall–Kier alpha value is -2.99. The Bertz CT molecular complexity index is 1550. The van der Waals surface area contributed by atoms with E-state index in [1.165, 1.54) is 37.1 Å². The topological polar surface area (TPSA) is 76.9 Å². The summed E-state index contributed by atoms with van der Waals surface area (Å²) >= 11 is 8.27. The summed E-state index contributed by atoms with van der Waals surface area (Å²) in [6.07, 6.45) is 1.30. The molecular formula is C28H29ClF2N4O4S. The summed E-state index contributed by atoms with van der Waals surface area (Å²) in [6, 6.07) is 4.34. The van der Waals surface area contributed by atoms with Gasteiger partial charge in [-0.05, 0) is 38.1 Å². The van der Waals surface area contributed by atoms with Gasteiger partial charge in [0.1, 0.15) is 24.2 Å². The van der Waals surface area contributed by atoms with Crippen molar-refractivity contribution < 1.29 is 23.0 Å². The van der Waals surface area contributed by atoms with E-state index in [1.807, 2.05) is 18.7 Å². The number of hydrogen-bond donors (Lipinski definition) is 0. The van der Waals surface area contributed by atoms with E-state index in [9.17, 15) is 14.0 Å². The lowest BCUT2D eigenvalue weighted by molar-refractivity contribution is -0.128. The van der Waals surface area contributed by atoms with Gasteiger partial charge in [0.25, 0.3) is 0 Å². The first kappa shape index (κ1) is 28.5. The molecule has 0 saturated carbocycles. The van der Waals surface area contributed by atoms with E-state index in [4.69, 9.17) is 21.1 Å². The predicted octanol–water partition coefficient (Wildman–Crippen LogP) is 4.87. The minimum Gasteiger partial charge on any atom is -0.359 e. The zero-order valence-electron chi connectivity index (χ0n) is 22.3. The third-order valence-electron chi connectivity index (χ3n) is 7.31. The summed E-state index contributed by atoms with van der Waals surface area (Å²) in [4.78, 5) is 35.0. The summed E-state index contributed by atoms with van der Waals surface area (Å²) in [5.41, 5.74) is 0.610. The van der Waals surface area contributed by atoms with E-state index in [-0.39, 0.29) is 48.0 Å². The molecule has 0 unspecified atom stereocenters. The van der Waals surface area contributed by atoms with Crippen LogP contribution in [0.5, 0.6) is 0 Å². The highest BCUT2D eigenvalue weighted by molar-refractivity contribution is 7.99. The van der Waals surface area contributed by atoms with Gasteiger partial charge in [-0.15, -0.1) is 11.8 Å². The second-order valence-electron chi connectivity index (χ2n) is 9.96. The van der Waals surface area contributed by atoms with Gasteiger partial charge in [0.05, 0.1) is 23.2 Å². The van der Waals surface area contributed by atoms with Crippen LogP contribution in [-0.2, 0) is 14.3 Å². The van der Waals surface area contributed by atoms with Crippen molar-refractivity contribution in [1.82, 2.24) is 14.5 Å². The third kappa shape index (κ3) is 5.00. The molecule has 12 heteroatoms. The average molecular weight is 591 g/mol. The van der Waals surface area contributed by atoms with Gasteiger partial charge in [-0.3, -0.25) is 9.36 Å². The Kier molecular flexibility index (Phi) is 8.19. The van der Waals surface area contributed by atoms with Gasteiger partial charge in [0.2, 0.25) is 5.91 Å². The molecule has 0 N–H and O–H groups in total. The van der Waals surface area contributed by atoms with Gasteiger partial charge in [-0.25, -0.2) is 13.6 Å². The number of halogens is 3. The van der Waals surface area contributed by atoms with E-state index >= 15 is 4.39 Å². The minimum absolute atomic E-state index is 0.0627. The Balaban J connectivity index is 1.73. The number of anilines is 1. The number of nitrogens with zero attached hydrogens (tertiary/aromatic N) is 4. The monoisotopic (exact) mass is 590 g/mol. The van der Waals surface area contributed by atoms with Gasteiger partial charge >= 0.3 is 5.69 Å². The van der Waals surface area contributed by atoms with Crippen molar-refractivity contribution in [3.63, 3.8) is 0 Å². The number of ether oxygens (including phenoxy) is 2.